The summed E-state index contributed by atoms with van der Waals surface area (Å²) >= 11 is 0. The molecule has 160 valence electrons. The van der Waals surface area contributed by atoms with Gasteiger partial charge in [-0.2, -0.15) is 5.10 Å². The molecule has 2 aromatic rings. The molecule has 4 saturated carbocycles. The van der Waals surface area contributed by atoms with Crippen LogP contribution in [0, 0.1) is 17.8 Å². The van der Waals surface area contributed by atoms with Crippen molar-refractivity contribution in [3.63, 3.8) is 0 Å². The van der Waals surface area contributed by atoms with Gasteiger partial charge in [-0.3, -0.25) is 9.48 Å². The average molecular weight is 407 g/mol. The molecule has 4 bridgehead atoms. The summed E-state index contributed by atoms with van der Waals surface area (Å²) in [6.45, 7) is 2.02. The summed E-state index contributed by atoms with van der Waals surface area (Å²) in [6.07, 6.45) is 11.5. The van der Waals surface area contributed by atoms with Crippen LogP contribution in [0.1, 0.15) is 68.3 Å². The van der Waals surface area contributed by atoms with Gasteiger partial charge in [0.05, 0.1) is 12.1 Å². The van der Waals surface area contributed by atoms with Crippen molar-refractivity contribution in [2.75, 3.05) is 13.6 Å². The highest BCUT2D eigenvalue weighted by atomic mass is 16.2. The summed E-state index contributed by atoms with van der Waals surface area (Å²) in [7, 11) is 2.22. The number of nitrogens with zero attached hydrogens (tertiary/aromatic N) is 3. The zero-order chi connectivity index (χ0) is 20.3. The number of benzene rings is 1. The van der Waals surface area contributed by atoms with E-state index in [1.54, 1.807) is 0 Å². The largest absolute Gasteiger partial charge is 0.345 e. The molecule has 1 amide bonds. The first-order chi connectivity index (χ1) is 14.6. The lowest BCUT2D eigenvalue weighted by atomic mass is 9.53. The van der Waals surface area contributed by atoms with Crippen molar-refractivity contribution in [3.8, 4) is 0 Å². The molecule has 2 heterocycles. The van der Waals surface area contributed by atoms with Gasteiger partial charge in [0, 0.05) is 17.0 Å². The van der Waals surface area contributed by atoms with Crippen molar-refractivity contribution in [1.29, 1.82) is 0 Å². The first kappa shape index (κ1) is 18.9. The molecule has 1 aromatic heterocycles. The Kier molecular flexibility index (Phi) is 4.45. The van der Waals surface area contributed by atoms with E-state index in [0.717, 1.165) is 41.7 Å². The molecule has 5 heteroatoms. The smallest absolute Gasteiger partial charge is 0.272 e. The van der Waals surface area contributed by atoms with Crippen LogP contribution in [-0.2, 0) is 6.54 Å². The minimum absolute atomic E-state index is 0.0281. The van der Waals surface area contributed by atoms with E-state index >= 15 is 0 Å². The summed E-state index contributed by atoms with van der Waals surface area (Å²) in [5, 5.41) is 9.43. The van der Waals surface area contributed by atoms with Crippen molar-refractivity contribution < 1.29 is 4.79 Å². The molecule has 1 saturated heterocycles. The van der Waals surface area contributed by atoms with Gasteiger partial charge in [-0.15, -0.1) is 0 Å². The van der Waals surface area contributed by atoms with Crippen LogP contribution in [0.2, 0.25) is 0 Å². The molecule has 7 rings (SSSR count). The van der Waals surface area contributed by atoms with Crippen LogP contribution in [0.3, 0.4) is 0 Å². The van der Waals surface area contributed by atoms with Crippen molar-refractivity contribution in [2.45, 2.75) is 75.9 Å². The Morgan fingerprint density at radius 3 is 2.50 bits per heavy atom. The number of fused-ring (bicyclic) bond motifs is 1. The van der Waals surface area contributed by atoms with E-state index in [9.17, 15) is 4.79 Å². The second-order valence-electron chi connectivity index (χ2n) is 10.8. The number of likely N-dealkylation sites (N-methyl/N-ethyl adjacent to an activating group) is 1. The van der Waals surface area contributed by atoms with E-state index in [-0.39, 0.29) is 11.4 Å². The fourth-order valence-corrected chi connectivity index (χ4v) is 7.57. The van der Waals surface area contributed by atoms with E-state index < -0.39 is 0 Å². The SMILES string of the molecule is CN1CCCCC1Cn1nc(C(=O)NC23CC4CC(CC(C4)C2)C3)c2ccccc21. The van der Waals surface area contributed by atoms with Gasteiger partial charge in [-0.1, -0.05) is 24.6 Å². The Balaban J connectivity index is 1.28. The molecule has 1 atom stereocenters. The van der Waals surface area contributed by atoms with Gasteiger partial charge in [0.1, 0.15) is 0 Å². The lowest BCUT2D eigenvalue weighted by Gasteiger charge is -2.56. The van der Waals surface area contributed by atoms with Crippen molar-refractivity contribution in [2.24, 2.45) is 17.8 Å². The number of carbonyl (C=O) groups is 1. The molecule has 5 fully saturated rings. The van der Waals surface area contributed by atoms with Gasteiger partial charge in [0.2, 0.25) is 0 Å². The number of carbonyl (C=O) groups excluding carboxylic acids is 1. The third-order valence-electron chi connectivity index (χ3n) is 8.60. The summed E-state index contributed by atoms with van der Waals surface area (Å²) in [5.74, 6) is 2.52. The molecule has 0 spiro atoms. The number of nitrogens with one attached hydrogen (secondary N) is 1. The van der Waals surface area contributed by atoms with E-state index in [0.29, 0.717) is 11.7 Å². The van der Waals surface area contributed by atoms with Crippen molar-refractivity contribution in [1.82, 2.24) is 20.0 Å². The number of hydrogen-bond acceptors (Lipinski definition) is 3. The van der Waals surface area contributed by atoms with Gasteiger partial charge in [-0.25, -0.2) is 0 Å². The highest BCUT2D eigenvalue weighted by Gasteiger charge is 2.51. The molecule has 0 radical (unpaired) electrons. The van der Waals surface area contributed by atoms with Crippen molar-refractivity contribution in [3.05, 3.63) is 30.0 Å². The molecular formula is C25H34N4O. The van der Waals surface area contributed by atoms with Crippen LogP contribution >= 0.6 is 0 Å². The molecule has 1 unspecified atom stereocenters. The summed E-state index contributed by atoms with van der Waals surface area (Å²) in [5.41, 5.74) is 1.74. The monoisotopic (exact) mass is 406 g/mol. The Morgan fingerprint density at radius 2 is 1.80 bits per heavy atom. The number of hydrogen-bond donors (Lipinski definition) is 1. The second kappa shape index (κ2) is 7.08. The fourth-order valence-electron chi connectivity index (χ4n) is 7.57. The molecule has 1 aromatic carbocycles. The van der Waals surface area contributed by atoms with Gasteiger partial charge < -0.3 is 10.2 Å². The maximum Gasteiger partial charge on any atom is 0.272 e. The zero-order valence-electron chi connectivity index (χ0n) is 18.1. The van der Waals surface area contributed by atoms with E-state index in [4.69, 9.17) is 5.10 Å². The Hall–Kier alpha value is -1.88. The molecule has 5 nitrogen and oxygen atoms in total. The third-order valence-corrected chi connectivity index (χ3v) is 8.60. The molecule has 4 aliphatic carbocycles. The predicted octanol–water partition coefficient (Wildman–Crippen LogP) is 4.22. The number of likely N-dealkylation sites (tertiary alicyclic amines) is 1. The predicted molar refractivity (Wildman–Crippen MR) is 118 cm³/mol. The normalized spacial score (nSPS) is 35.8. The molecule has 30 heavy (non-hydrogen) atoms. The Labute approximate surface area is 179 Å². The lowest BCUT2D eigenvalue weighted by molar-refractivity contribution is -0.0167. The van der Waals surface area contributed by atoms with Crippen LogP contribution in [0.25, 0.3) is 10.9 Å². The lowest BCUT2D eigenvalue weighted by Crippen LogP contribution is -2.59. The van der Waals surface area contributed by atoms with E-state index in [2.05, 4.69) is 40.1 Å². The topological polar surface area (TPSA) is 50.2 Å². The van der Waals surface area contributed by atoms with Gasteiger partial charge in [0.15, 0.2) is 5.69 Å². The summed E-state index contributed by atoms with van der Waals surface area (Å²) in [4.78, 5) is 16.0. The first-order valence-electron chi connectivity index (χ1n) is 12.1. The molecule has 1 aliphatic heterocycles. The first-order valence-corrected chi connectivity index (χ1v) is 12.1. The fraction of sp³-hybridized carbons (Fsp3) is 0.680. The Bertz CT molecular complexity index is 928. The number of rotatable bonds is 4. The molecule has 5 aliphatic rings. The minimum Gasteiger partial charge on any atom is -0.345 e. The molecule has 1 N–H and O–H groups in total. The van der Waals surface area contributed by atoms with Crippen molar-refractivity contribution >= 4 is 16.8 Å². The van der Waals surface area contributed by atoms with Gasteiger partial charge >= 0.3 is 0 Å². The third kappa shape index (κ3) is 3.17. The van der Waals surface area contributed by atoms with E-state index in [1.807, 2.05) is 6.07 Å². The van der Waals surface area contributed by atoms with Crippen LogP contribution in [0.5, 0.6) is 0 Å². The highest BCUT2D eigenvalue weighted by Crippen LogP contribution is 2.55. The van der Waals surface area contributed by atoms with Gasteiger partial charge in [0.25, 0.3) is 5.91 Å². The van der Waals surface area contributed by atoms with Crippen LogP contribution in [-0.4, -0.2) is 45.8 Å². The van der Waals surface area contributed by atoms with Gasteiger partial charge in [-0.05, 0) is 88.8 Å². The van der Waals surface area contributed by atoms with Crippen LogP contribution in [0.15, 0.2) is 24.3 Å². The maximum absolute atomic E-state index is 13.5. The summed E-state index contributed by atoms with van der Waals surface area (Å²) in [6, 6.07) is 8.78. The minimum atomic E-state index is 0.0281. The second-order valence-corrected chi connectivity index (χ2v) is 10.8. The standard InChI is InChI=1S/C25H34N4O/c1-28-9-5-4-6-20(28)16-29-22-8-3-2-7-21(22)23(27-29)24(30)26-25-13-17-10-18(14-25)12-19(11-17)15-25/h2-3,7-8,17-20H,4-6,9-16H2,1H3,(H,26,30). The van der Waals surface area contributed by atoms with Crippen LogP contribution in [0.4, 0.5) is 0 Å². The van der Waals surface area contributed by atoms with Crippen LogP contribution < -0.4 is 5.32 Å². The number of piperidine rings is 1. The van der Waals surface area contributed by atoms with E-state index in [1.165, 1.54) is 57.8 Å². The quantitative estimate of drug-likeness (QED) is 0.827. The average Bonchev–Trinajstić information content (AvgIpc) is 3.07. The Morgan fingerprint density at radius 1 is 1.10 bits per heavy atom. The number of amides is 1. The number of aromatic nitrogens is 2. The highest BCUT2D eigenvalue weighted by molar-refractivity contribution is 6.05. The summed E-state index contributed by atoms with van der Waals surface area (Å²) < 4.78 is 2.09. The zero-order valence-corrected chi connectivity index (χ0v) is 18.1. The number of para-hydroxylation sites is 1. The maximum atomic E-state index is 13.5. The molecular weight excluding hydrogens is 372 g/mol.